The van der Waals surface area contributed by atoms with Crippen LogP contribution in [0.15, 0.2) is 60.7 Å². The second kappa shape index (κ2) is 8.31. The number of anilines is 1. The van der Waals surface area contributed by atoms with Gasteiger partial charge in [-0.05, 0) is 47.9 Å². The van der Waals surface area contributed by atoms with Crippen molar-refractivity contribution in [2.45, 2.75) is 12.8 Å². The summed E-state index contributed by atoms with van der Waals surface area (Å²) >= 11 is 0. The van der Waals surface area contributed by atoms with Gasteiger partial charge < -0.3 is 15.4 Å². The average Bonchev–Trinajstić information content (AvgIpc) is 3.56. The van der Waals surface area contributed by atoms with E-state index in [4.69, 9.17) is 4.74 Å². The molecule has 1 aliphatic rings. The number of carbonyl (C=O) groups is 2. The molecule has 2 amide bonds. The summed E-state index contributed by atoms with van der Waals surface area (Å²) in [6.07, 6.45) is 1.77. The summed E-state index contributed by atoms with van der Waals surface area (Å²) in [4.78, 5) is 25.0. The number of hydrogen-bond acceptors (Lipinski definition) is 3. The summed E-state index contributed by atoms with van der Waals surface area (Å²) in [5.74, 6) is -0.286. The molecule has 0 spiro atoms. The normalized spacial score (nSPS) is 13.1. The lowest BCUT2D eigenvalue weighted by Gasteiger charge is -2.13. The lowest BCUT2D eigenvalue weighted by atomic mass is 10.0. The lowest BCUT2D eigenvalue weighted by Crippen LogP contribution is -2.29. The fourth-order valence-corrected chi connectivity index (χ4v) is 3.10. The maximum Gasteiger partial charge on any atom is 0.253 e. The second-order valence-corrected chi connectivity index (χ2v) is 7.07. The van der Waals surface area contributed by atoms with E-state index in [1.54, 1.807) is 18.2 Å². The summed E-state index contributed by atoms with van der Waals surface area (Å²) in [5, 5.41) is 7.56. The highest BCUT2D eigenvalue weighted by molar-refractivity contribution is 6.08. The molecule has 6 heteroatoms. The third-order valence-electron chi connectivity index (χ3n) is 4.79. The Kier molecular flexibility index (Phi) is 5.42. The smallest absolute Gasteiger partial charge is 0.253 e. The van der Waals surface area contributed by atoms with Crippen molar-refractivity contribution >= 4 is 28.3 Å². The molecule has 0 aliphatic heterocycles. The molecule has 0 bridgehead atoms. The standard InChI is InChI=1S/C23H21FN2O3/c24-18-6-3-7-19(14-18)29-11-10-25-23(28)20-12-16-4-1-2-5-17(16)13-21(20)26-22(27)15-8-9-15/h1-7,12-15H,8-11H2,(H,25,28)(H,26,27). The van der Waals surface area contributed by atoms with Gasteiger partial charge in [-0.3, -0.25) is 9.59 Å². The first kappa shape index (κ1) is 18.9. The van der Waals surface area contributed by atoms with Crippen molar-refractivity contribution in [3.63, 3.8) is 0 Å². The fourth-order valence-electron chi connectivity index (χ4n) is 3.10. The van der Waals surface area contributed by atoms with Crippen LogP contribution in [0.4, 0.5) is 10.1 Å². The molecule has 0 atom stereocenters. The Hall–Kier alpha value is -3.41. The maximum atomic E-state index is 13.2. The van der Waals surface area contributed by atoms with Crippen LogP contribution in [0.1, 0.15) is 23.2 Å². The van der Waals surface area contributed by atoms with Crippen molar-refractivity contribution < 1.29 is 18.7 Å². The van der Waals surface area contributed by atoms with Crippen LogP contribution in [-0.4, -0.2) is 25.0 Å². The van der Waals surface area contributed by atoms with Gasteiger partial charge in [-0.1, -0.05) is 30.3 Å². The first-order valence-electron chi connectivity index (χ1n) is 9.60. The zero-order valence-corrected chi connectivity index (χ0v) is 15.8. The van der Waals surface area contributed by atoms with E-state index in [2.05, 4.69) is 10.6 Å². The second-order valence-electron chi connectivity index (χ2n) is 7.07. The van der Waals surface area contributed by atoms with Crippen LogP contribution >= 0.6 is 0 Å². The average molecular weight is 392 g/mol. The Morgan fingerprint density at radius 1 is 1.00 bits per heavy atom. The molecule has 0 radical (unpaired) electrons. The molecule has 4 rings (SSSR count). The quantitative estimate of drug-likeness (QED) is 0.594. The molecule has 0 saturated heterocycles. The van der Waals surface area contributed by atoms with E-state index in [0.717, 1.165) is 23.6 Å². The predicted octanol–water partition coefficient (Wildman–Crippen LogP) is 4.14. The van der Waals surface area contributed by atoms with Crippen LogP contribution in [-0.2, 0) is 4.79 Å². The highest BCUT2D eigenvalue weighted by atomic mass is 19.1. The van der Waals surface area contributed by atoms with Gasteiger partial charge in [0.25, 0.3) is 5.91 Å². The van der Waals surface area contributed by atoms with Gasteiger partial charge in [0.2, 0.25) is 5.91 Å². The Morgan fingerprint density at radius 2 is 1.76 bits per heavy atom. The minimum atomic E-state index is -0.376. The van der Waals surface area contributed by atoms with Crippen LogP contribution in [0.3, 0.4) is 0 Å². The fraction of sp³-hybridized carbons (Fsp3) is 0.217. The maximum absolute atomic E-state index is 13.2. The van der Waals surface area contributed by atoms with Crippen molar-refractivity contribution in [3.8, 4) is 5.75 Å². The molecule has 2 N–H and O–H groups in total. The number of amides is 2. The summed E-state index contributed by atoms with van der Waals surface area (Å²) < 4.78 is 18.6. The first-order chi connectivity index (χ1) is 14.1. The summed E-state index contributed by atoms with van der Waals surface area (Å²) in [6, 6.07) is 17.1. The van der Waals surface area contributed by atoms with Gasteiger partial charge in [0.05, 0.1) is 17.8 Å². The molecule has 0 aromatic heterocycles. The van der Waals surface area contributed by atoms with E-state index >= 15 is 0 Å². The number of benzene rings is 3. The Balaban J connectivity index is 1.45. The minimum absolute atomic E-state index is 0.0389. The third-order valence-corrected chi connectivity index (χ3v) is 4.79. The Morgan fingerprint density at radius 3 is 2.48 bits per heavy atom. The number of nitrogens with one attached hydrogen (secondary N) is 2. The molecule has 29 heavy (non-hydrogen) atoms. The van der Waals surface area contributed by atoms with Crippen LogP contribution in [0, 0.1) is 11.7 Å². The number of rotatable bonds is 7. The van der Waals surface area contributed by atoms with Crippen LogP contribution in [0.2, 0.25) is 0 Å². The van der Waals surface area contributed by atoms with Crippen molar-refractivity contribution in [1.29, 1.82) is 0 Å². The number of fused-ring (bicyclic) bond motifs is 1. The topological polar surface area (TPSA) is 67.4 Å². The highest BCUT2D eigenvalue weighted by Crippen LogP contribution is 2.32. The van der Waals surface area contributed by atoms with E-state index in [1.165, 1.54) is 12.1 Å². The number of carbonyl (C=O) groups excluding carboxylic acids is 2. The predicted molar refractivity (Wildman–Crippen MR) is 110 cm³/mol. The molecule has 0 unspecified atom stereocenters. The molecule has 0 heterocycles. The van der Waals surface area contributed by atoms with E-state index in [1.807, 2.05) is 30.3 Å². The van der Waals surface area contributed by atoms with Crippen molar-refractivity contribution in [2.75, 3.05) is 18.5 Å². The zero-order valence-electron chi connectivity index (χ0n) is 15.8. The van der Waals surface area contributed by atoms with Gasteiger partial charge in [-0.25, -0.2) is 4.39 Å². The summed E-state index contributed by atoms with van der Waals surface area (Å²) in [7, 11) is 0. The highest BCUT2D eigenvalue weighted by Gasteiger charge is 2.30. The zero-order chi connectivity index (χ0) is 20.2. The van der Waals surface area contributed by atoms with E-state index in [-0.39, 0.29) is 36.7 Å². The third kappa shape index (κ3) is 4.71. The van der Waals surface area contributed by atoms with Gasteiger partial charge in [0.15, 0.2) is 0 Å². The number of hydrogen-bond donors (Lipinski definition) is 2. The van der Waals surface area contributed by atoms with Gasteiger partial charge >= 0.3 is 0 Å². The summed E-state index contributed by atoms with van der Waals surface area (Å²) in [5.41, 5.74) is 0.910. The Labute approximate surface area is 167 Å². The van der Waals surface area contributed by atoms with E-state index in [9.17, 15) is 14.0 Å². The van der Waals surface area contributed by atoms with Crippen molar-refractivity contribution in [3.05, 3.63) is 72.0 Å². The molecule has 1 aliphatic carbocycles. The van der Waals surface area contributed by atoms with Gasteiger partial charge in [0, 0.05) is 12.0 Å². The van der Waals surface area contributed by atoms with Gasteiger partial charge in [0.1, 0.15) is 18.2 Å². The molecule has 3 aromatic rings. The lowest BCUT2D eigenvalue weighted by molar-refractivity contribution is -0.117. The van der Waals surface area contributed by atoms with Crippen LogP contribution in [0.5, 0.6) is 5.75 Å². The van der Waals surface area contributed by atoms with E-state index < -0.39 is 0 Å². The van der Waals surface area contributed by atoms with Crippen molar-refractivity contribution in [2.24, 2.45) is 5.92 Å². The molecular formula is C23H21FN2O3. The number of halogens is 1. The number of ether oxygens (including phenoxy) is 1. The minimum Gasteiger partial charge on any atom is -0.492 e. The molecule has 148 valence electrons. The van der Waals surface area contributed by atoms with Crippen molar-refractivity contribution in [1.82, 2.24) is 5.32 Å². The monoisotopic (exact) mass is 392 g/mol. The van der Waals surface area contributed by atoms with Crippen LogP contribution < -0.4 is 15.4 Å². The van der Waals surface area contributed by atoms with E-state index in [0.29, 0.717) is 17.0 Å². The van der Waals surface area contributed by atoms with Gasteiger partial charge in [-0.2, -0.15) is 0 Å². The molecular weight excluding hydrogens is 371 g/mol. The van der Waals surface area contributed by atoms with Gasteiger partial charge in [-0.15, -0.1) is 0 Å². The summed E-state index contributed by atoms with van der Waals surface area (Å²) in [6.45, 7) is 0.449. The SMILES string of the molecule is O=C(NCCOc1cccc(F)c1)c1cc2ccccc2cc1NC(=O)C1CC1. The first-order valence-corrected chi connectivity index (χ1v) is 9.60. The molecule has 1 fully saturated rings. The Bertz CT molecular complexity index is 1060. The largest absolute Gasteiger partial charge is 0.492 e. The van der Waals surface area contributed by atoms with Crippen LogP contribution in [0.25, 0.3) is 10.8 Å². The molecule has 3 aromatic carbocycles. The molecule has 5 nitrogen and oxygen atoms in total. The molecule has 1 saturated carbocycles.